The van der Waals surface area contributed by atoms with Gasteiger partial charge in [-0.1, -0.05) is 6.92 Å². The van der Waals surface area contributed by atoms with Crippen molar-refractivity contribution in [3.63, 3.8) is 0 Å². The number of Topliss-reactive ketones (excluding diaryl/α,β-unsaturated/α-hetero) is 1. The van der Waals surface area contributed by atoms with Crippen LogP contribution in [0.15, 0.2) is 24.3 Å². The van der Waals surface area contributed by atoms with E-state index >= 15 is 0 Å². The Balaban J connectivity index is 1.87. The summed E-state index contributed by atoms with van der Waals surface area (Å²) in [6.07, 6.45) is 1.43. The van der Waals surface area contributed by atoms with Gasteiger partial charge in [0.15, 0.2) is 12.4 Å². The van der Waals surface area contributed by atoms with E-state index in [9.17, 15) is 9.59 Å². The first-order valence-electron chi connectivity index (χ1n) is 7.80. The van der Waals surface area contributed by atoms with Gasteiger partial charge in [0, 0.05) is 24.6 Å². The molecule has 120 valence electrons. The number of hydrogen-bond acceptors (Lipinski definition) is 4. The van der Waals surface area contributed by atoms with Crippen molar-refractivity contribution in [1.29, 1.82) is 0 Å². The minimum atomic E-state index is -0.0165. The van der Waals surface area contributed by atoms with E-state index in [1.54, 1.807) is 24.3 Å². The van der Waals surface area contributed by atoms with Crippen molar-refractivity contribution in [2.75, 3.05) is 19.7 Å². The number of amides is 1. The molecule has 0 spiro atoms. The fraction of sp³-hybridized carbons (Fsp3) is 0.529. The van der Waals surface area contributed by atoms with Crippen molar-refractivity contribution >= 4 is 11.7 Å². The zero-order chi connectivity index (χ0) is 16.1. The molecule has 2 N–H and O–H groups in total. The van der Waals surface area contributed by atoms with Crippen LogP contribution in [0.5, 0.6) is 5.75 Å². The van der Waals surface area contributed by atoms with Crippen molar-refractivity contribution in [2.24, 2.45) is 11.7 Å². The Morgan fingerprint density at radius 1 is 1.32 bits per heavy atom. The third kappa shape index (κ3) is 3.85. The summed E-state index contributed by atoms with van der Waals surface area (Å²) in [5.41, 5.74) is 6.34. The van der Waals surface area contributed by atoms with Crippen molar-refractivity contribution in [3.05, 3.63) is 29.8 Å². The summed E-state index contributed by atoms with van der Waals surface area (Å²) in [4.78, 5) is 25.6. The van der Waals surface area contributed by atoms with E-state index in [-0.39, 0.29) is 24.3 Å². The molecule has 1 amide bonds. The zero-order valence-electron chi connectivity index (χ0n) is 13.2. The molecule has 1 aliphatic rings. The third-order valence-electron chi connectivity index (χ3n) is 4.17. The molecule has 1 heterocycles. The van der Waals surface area contributed by atoms with Crippen LogP contribution in [0.3, 0.4) is 0 Å². The summed E-state index contributed by atoms with van der Waals surface area (Å²) < 4.78 is 5.53. The highest BCUT2D eigenvalue weighted by molar-refractivity contribution is 5.95. The SMILES string of the molecule is CCC(=O)c1ccc(OCC(=O)N2CC(CN)CC2C)cc1. The molecule has 2 atom stereocenters. The van der Waals surface area contributed by atoms with Gasteiger partial charge in [0.2, 0.25) is 0 Å². The Hall–Kier alpha value is -1.88. The average Bonchev–Trinajstić information content (AvgIpc) is 2.93. The van der Waals surface area contributed by atoms with Gasteiger partial charge in [-0.2, -0.15) is 0 Å². The Kier molecular flexibility index (Phi) is 5.55. The summed E-state index contributed by atoms with van der Waals surface area (Å²) >= 11 is 0. The number of nitrogens with two attached hydrogens (primary N) is 1. The second-order valence-electron chi connectivity index (χ2n) is 5.82. The highest BCUT2D eigenvalue weighted by Gasteiger charge is 2.31. The van der Waals surface area contributed by atoms with Gasteiger partial charge in [-0.25, -0.2) is 0 Å². The lowest BCUT2D eigenvalue weighted by atomic mass is 10.1. The first-order valence-corrected chi connectivity index (χ1v) is 7.80. The molecule has 2 rings (SSSR count). The number of carbonyl (C=O) groups excluding carboxylic acids is 2. The molecule has 1 aliphatic heterocycles. The Morgan fingerprint density at radius 2 is 2.00 bits per heavy atom. The van der Waals surface area contributed by atoms with Gasteiger partial charge in [-0.3, -0.25) is 9.59 Å². The van der Waals surface area contributed by atoms with E-state index in [1.165, 1.54) is 0 Å². The molecule has 1 aromatic carbocycles. The molecule has 1 aromatic rings. The average molecular weight is 304 g/mol. The summed E-state index contributed by atoms with van der Waals surface area (Å²) in [6, 6.07) is 7.14. The summed E-state index contributed by atoms with van der Waals surface area (Å²) in [5, 5.41) is 0. The monoisotopic (exact) mass is 304 g/mol. The minimum absolute atomic E-state index is 0.0165. The number of ether oxygens (including phenoxy) is 1. The van der Waals surface area contributed by atoms with Gasteiger partial charge in [0.1, 0.15) is 5.75 Å². The van der Waals surface area contributed by atoms with Crippen LogP contribution in [-0.4, -0.2) is 42.3 Å². The van der Waals surface area contributed by atoms with E-state index in [4.69, 9.17) is 10.5 Å². The molecular weight excluding hydrogens is 280 g/mol. The Labute approximate surface area is 131 Å². The van der Waals surface area contributed by atoms with Crippen molar-refractivity contribution in [1.82, 2.24) is 4.90 Å². The number of carbonyl (C=O) groups is 2. The number of rotatable bonds is 6. The van der Waals surface area contributed by atoms with Gasteiger partial charge in [0.25, 0.3) is 5.91 Å². The van der Waals surface area contributed by atoms with E-state index in [0.717, 1.165) is 6.42 Å². The standard InChI is InChI=1S/C17H24N2O3/c1-3-16(20)14-4-6-15(7-5-14)22-11-17(21)19-10-13(9-18)8-12(19)2/h4-7,12-13H,3,8-11,18H2,1-2H3. The van der Waals surface area contributed by atoms with E-state index in [2.05, 4.69) is 0 Å². The molecule has 0 radical (unpaired) electrons. The van der Waals surface area contributed by atoms with Crippen LogP contribution in [0, 0.1) is 5.92 Å². The molecular formula is C17H24N2O3. The van der Waals surface area contributed by atoms with E-state index < -0.39 is 0 Å². The lowest BCUT2D eigenvalue weighted by Crippen LogP contribution is -2.37. The number of likely N-dealkylation sites (tertiary alicyclic amines) is 1. The lowest BCUT2D eigenvalue weighted by Gasteiger charge is -2.21. The highest BCUT2D eigenvalue weighted by Crippen LogP contribution is 2.22. The van der Waals surface area contributed by atoms with Crippen LogP contribution in [-0.2, 0) is 4.79 Å². The topological polar surface area (TPSA) is 72.6 Å². The van der Waals surface area contributed by atoms with Crippen molar-refractivity contribution in [2.45, 2.75) is 32.7 Å². The smallest absolute Gasteiger partial charge is 0.260 e. The van der Waals surface area contributed by atoms with Gasteiger partial charge < -0.3 is 15.4 Å². The third-order valence-corrected chi connectivity index (χ3v) is 4.17. The second-order valence-corrected chi connectivity index (χ2v) is 5.82. The largest absolute Gasteiger partial charge is 0.484 e. The van der Waals surface area contributed by atoms with Crippen LogP contribution in [0.2, 0.25) is 0 Å². The quantitative estimate of drug-likeness (QED) is 0.814. The normalized spacial score (nSPS) is 21.0. The molecule has 5 nitrogen and oxygen atoms in total. The fourth-order valence-corrected chi connectivity index (χ4v) is 2.83. The zero-order valence-corrected chi connectivity index (χ0v) is 13.2. The van der Waals surface area contributed by atoms with Gasteiger partial charge in [-0.15, -0.1) is 0 Å². The number of hydrogen-bond donors (Lipinski definition) is 1. The van der Waals surface area contributed by atoms with Gasteiger partial charge >= 0.3 is 0 Å². The number of benzene rings is 1. The van der Waals surface area contributed by atoms with Gasteiger partial charge in [-0.05, 0) is 50.1 Å². The van der Waals surface area contributed by atoms with Crippen molar-refractivity contribution in [3.8, 4) is 5.75 Å². The summed E-state index contributed by atoms with van der Waals surface area (Å²) in [7, 11) is 0. The maximum atomic E-state index is 12.2. The predicted molar refractivity (Wildman–Crippen MR) is 84.9 cm³/mol. The number of ketones is 1. The highest BCUT2D eigenvalue weighted by atomic mass is 16.5. The maximum Gasteiger partial charge on any atom is 0.260 e. The summed E-state index contributed by atoms with van der Waals surface area (Å²) in [6.45, 7) is 5.21. The molecule has 1 saturated heterocycles. The molecule has 0 saturated carbocycles. The first-order chi connectivity index (χ1) is 10.5. The molecule has 0 aliphatic carbocycles. The van der Waals surface area contributed by atoms with E-state index in [1.807, 2.05) is 18.7 Å². The predicted octanol–water partition coefficient (Wildman–Crippen LogP) is 1.85. The molecule has 22 heavy (non-hydrogen) atoms. The van der Waals surface area contributed by atoms with Crippen LogP contribution < -0.4 is 10.5 Å². The molecule has 1 fully saturated rings. The molecule has 5 heteroatoms. The first kappa shape index (κ1) is 16.5. The molecule has 0 aromatic heterocycles. The molecule has 0 bridgehead atoms. The van der Waals surface area contributed by atoms with Gasteiger partial charge in [0.05, 0.1) is 0 Å². The van der Waals surface area contributed by atoms with Crippen LogP contribution >= 0.6 is 0 Å². The fourth-order valence-electron chi connectivity index (χ4n) is 2.83. The Morgan fingerprint density at radius 3 is 2.55 bits per heavy atom. The second kappa shape index (κ2) is 7.40. The van der Waals surface area contributed by atoms with Crippen LogP contribution in [0.1, 0.15) is 37.0 Å². The molecule has 2 unspecified atom stereocenters. The lowest BCUT2D eigenvalue weighted by molar-refractivity contribution is -0.134. The van der Waals surface area contributed by atoms with Crippen LogP contribution in [0.4, 0.5) is 0 Å². The Bertz CT molecular complexity index is 527. The number of nitrogens with zero attached hydrogens (tertiary/aromatic N) is 1. The minimum Gasteiger partial charge on any atom is -0.484 e. The van der Waals surface area contributed by atoms with Crippen LogP contribution in [0.25, 0.3) is 0 Å². The maximum absolute atomic E-state index is 12.2. The van der Waals surface area contributed by atoms with E-state index in [0.29, 0.717) is 36.7 Å². The summed E-state index contributed by atoms with van der Waals surface area (Å²) in [5.74, 6) is 1.07. The van der Waals surface area contributed by atoms with Crippen molar-refractivity contribution < 1.29 is 14.3 Å².